The van der Waals surface area contributed by atoms with Crippen LogP contribution < -0.4 is 0 Å². The van der Waals surface area contributed by atoms with E-state index in [0.717, 1.165) is 54.4 Å². The van der Waals surface area contributed by atoms with Gasteiger partial charge in [-0.25, -0.2) is 4.39 Å². The number of rotatable bonds is 5. The molecule has 1 atom stereocenters. The molecule has 3 nitrogen and oxygen atoms in total. The van der Waals surface area contributed by atoms with Gasteiger partial charge in [0.15, 0.2) is 0 Å². The molecule has 0 bridgehead atoms. The van der Waals surface area contributed by atoms with Gasteiger partial charge in [0.25, 0.3) is 0 Å². The van der Waals surface area contributed by atoms with Crippen molar-refractivity contribution in [1.29, 1.82) is 0 Å². The first-order valence-corrected chi connectivity index (χ1v) is 10.7. The lowest BCUT2D eigenvalue weighted by Gasteiger charge is -2.31. The van der Waals surface area contributed by atoms with Crippen LogP contribution in [0.1, 0.15) is 55.7 Å². The van der Waals surface area contributed by atoms with Crippen LogP contribution in [0, 0.1) is 11.7 Å². The Kier molecular flexibility index (Phi) is 5.70. The van der Waals surface area contributed by atoms with E-state index in [0.29, 0.717) is 12.3 Å². The number of halogens is 1. The summed E-state index contributed by atoms with van der Waals surface area (Å²) in [6, 6.07) is 13.0. The van der Waals surface area contributed by atoms with Crippen molar-refractivity contribution < 1.29 is 9.18 Å². The number of piperidine rings is 1. The van der Waals surface area contributed by atoms with Crippen molar-refractivity contribution in [3.8, 4) is 0 Å². The minimum absolute atomic E-state index is 0.159. The van der Waals surface area contributed by atoms with Crippen LogP contribution in [-0.2, 0) is 11.2 Å². The molecule has 2 aromatic carbocycles. The minimum atomic E-state index is -0.263. The third kappa shape index (κ3) is 4.07. The molecule has 1 unspecified atom stereocenters. The number of nitrogens with zero attached hydrogens (tertiary/aromatic N) is 1. The Labute approximate surface area is 171 Å². The SMILES string of the molecule is CCc1cccc2c(C(CC(=O)N3CCC(C)CC3)c3cccc(F)c3)c[nH]c12. The predicted molar refractivity (Wildman–Crippen MR) is 116 cm³/mol. The molecule has 0 saturated carbocycles. The molecule has 152 valence electrons. The van der Waals surface area contributed by atoms with Crippen molar-refractivity contribution in [2.45, 2.75) is 45.4 Å². The second-order valence-electron chi connectivity index (χ2n) is 8.31. The number of nitrogens with one attached hydrogen (secondary N) is 1. The molecule has 4 heteroatoms. The minimum Gasteiger partial charge on any atom is -0.361 e. The molecule has 1 aliphatic rings. The zero-order valence-electron chi connectivity index (χ0n) is 17.2. The molecule has 1 amide bonds. The maximum absolute atomic E-state index is 14.0. The van der Waals surface area contributed by atoms with Crippen molar-refractivity contribution in [2.24, 2.45) is 5.92 Å². The van der Waals surface area contributed by atoms with Gasteiger partial charge in [0, 0.05) is 42.5 Å². The lowest BCUT2D eigenvalue weighted by Crippen LogP contribution is -2.38. The second kappa shape index (κ2) is 8.40. The van der Waals surface area contributed by atoms with Crippen molar-refractivity contribution in [1.82, 2.24) is 9.88 Å². The van der Waals surface area contributed by atoms with Gasteiger partial charge in [0.05, 0.1) is 0 Å². The Bertz CT molecular complexity index is 1000. The van der Waals surface area contributed by atoms with Crippen molar-refractivity contribution in [2.75, 3.05) is 13.1 Å². The summed E-state index contributed by atoms with van der Waals surface area (Å²) in [5.74, 6) is 0.408. The van der Waals surface area contributed by atoms with Crippen LogP contribution in [-0.4, -0.2) is 28.9 Å². The third-order valence-electron chi connectivity index (χ3n) is 6.36. The zero-order valence-corrected chi connectivity index (χ0v) is 17.2. The number of likely N-dealkylation sites (tertiary alicyclic amines) is 1. The highest BCUT2D eigenvalue weighted by Gasteiger charge is 2.26. The highest BCUT2D eigenvalue weighted by Crippen LogP contribution is 2.35. The zero-order chi connectivity index (χ0) is 20.4. The molecule has 0 aliphatic carbocycles. The molecular weight excluding hydrogens is 363 g/mol. The normalized spacial score (nSPS) is 16.3. The van der Waals surface area contributed by atoms with Gasteiger partial charge >= 0.3 is 0 Å². The number of benzene rings is 2. The quantitative estimate of drug-likeness (QED) is 0.598. The lowest BCUT2D eigenvalue weighted by atomic mass is 9.87. The van der Waals surface area contributed by atoms with Gasteiger partial charge in [-0.2, -0.15) is 0 Å². The average Bonchev–Trinajstić information content (AvgIpc) is 3.16. The molecule has 1 aromatic heterocycles. The summed E-state index contributed by atoms with van der Waals surface area (Å²) in [5, 5.41) is 1.12. The number of aryl methyl sites for hydroxylation is 1. The number of fused-ring (bicyclic) bond motifs is 1. The van der Waals surface area contributed by atoms with E-state index in [9.17, 15) is 9.18 Å². The second-order valence-corrected chi connectivity index (χ2v) is 8.31. The van der Waals surface area contributed by atoms with Gasteiger partial charge < -0.3 is 9.88 Å². The van der Waals surface area contributed by atoms with Crippen LogP contribution in [0.4, 0.5) is 4.39 Å². The summed E-state index contributed by atoms with van der Waals surface area (Å²) in [5.41, 5.74) is 4.29. The molecular formula is C25H29FN2O. The van der Waals surface area contributed by atoms with Crippen molar-refractivity contribution >= 4 is 16.8 Å². The number of H-pyrrole nitrogens is 1. The Morgan fingerprint density at radius 2 is 1.97 bits per heavy atom. The van der Waals surface area contributed by atoms with Gasteiger partial charge in [0.2, 0.25) is 5.91 Å². The van der Waals surface area contributed by atoms with Gasteiger partial charge in [-0.15, -0.1) is 0 Å². The molecule has 0 spiro atoms. The fourth-order valence-electron chi connectivity index (χ4n) is 4.51. The van der Waals surface area contributed by atoms with E-state index in [4.69, 9.17) is 0 Å². The van der Waals surface area contributed by atoms with E-state index < -0.39 is 0 Å². The predicted octanol–water partition coefficient (Wildman–Crippen LogP) is 5.65. The maximum atomic E-state index is 14.0. The molecule has 1 N–H and O–H groups in total. The van der Waals surface area contributed by atoms with Crippen molar-refractivity contribution in [3.05, 3.63) is 71.2 Å². The number of hydrogen-bond donors (Lipinski definition) is 1. The van der Waals surface area contributed by atoms with Crippen LogP contribution in [0.2, 0.25) is 0 Å². The lowest BCUT2D eigenvalue weighted by molar-refractivity contribution is -0.132. The van der Waals surface area contributed by atoms with Gasteiger partial charge in [0.1, 0.15) is 5.82 Å². The first-order valence-electron chi connectivity index (χ1n) is 10.7. The summed E-state index contributed by atoms with van der Waals surface area (Å²) in [7, 11) is 0. The van der Waals surface area contributed by atoms with Crippen molar-refractivity contribution in [3.63, 3.8) is 0 Å². The fraction of sp³-hybridized carbons (Fsp3) is 0.400. The van der Waals surface area contributed by atoms with E-state index in [1.165, 1.54) is 11.6 Å². The summed E-state index contributed by atoms with van der Waals surface area (Å²) in [4.78, 5) is 18.5. The molecule has 3 aromatic rings. The first-order chi connectivity index (χ1) is 14.1. The largest absolute Gasteiger partial charge is 0.361 e. The number of para-hydroxylation sites is 1. The van der Waals surface area contributed by atoms with Crippen LogP contribution in [0.25, 0.3) is 10.9 Å². The van der Waals surface area contributed by atoms with E-state index in [1.54, 1.807) is 12.1 Å². The highest BCUT2D eigenvalue weighted by atomic mass is 19.1. The maximum Gasteiger partial charge on any atom is 0.223 e. The molecule has 4 rings (SSSR count). The van der Waals surface area contributed by atoms with E-state index >= 15 is 0 Å². The summed E-state index contributed by atoms with van der Waals surface area (Å²) >= 11 is 0. The third-order valence-corrected chi connectivity index (χ3v) is 6.36. The van der Waals surface area contributed by atoms with Crippen LogP contribution in [0.15, 0.2) is 48.7 Å². The molecule has 2 heterocycles. The van der Waals surface area contributed by atoms with E-state index in [2.05, 4.69) is 37.0 Å². The van der Waals surface area contributed by atoms with Gasteiger partial charge in [-0.3, -0.25) is 4.79 Å². The van der Waals surface area contributed by atoms with E-state index in [1.807, 2.05) is 17.2 Å². The Morgan fingerprint density at radius 1 is 1.21 bits per heavy atom. The Hall–Kier alpha value is -2.62. The first kappa shape index (κ1) is 19.7. The molecule has 1 saturated heterocycles. The number of aromatic nitrogens is 1. The fourth-order valence-corrected chi connectivity index (χ4v) is 4.51. The highest BCUT2D eigenvalue weighted by molar-refractivity contribution is 5.88. The summed E-state index contributed by atoms with van der Waals surface area (Å²) in [6.07, 6.45) is 5.42. The smallest absolute Gasteiger partial charge is 0.223 e. The van der Waals surface area contributed by atoms with Crippen LogP contribution >= 0.6 is 0 Å². The van der Waals surface area contributed by atoms with Crippen LogP contribution in [0.3, 0.4) is 0 Å². The molecule has 1 aliphatic heterocycles. The number of aromatic amines is 1. The summed E-state index contributed by atoms with van der Waals surface area (Å²) < 4.78 is 14.0. The summed E-state index contributed by atoms with van der Waals surface area (Å²) in [6.45, 7) is 6.03. The number of hydrogen-bond acceptors (Lipinski definition) is 1. The van der Waals surface area contributed by atoms with E-state index in [-0.39, 0.29) is 17.6 Å². The molecule has 0 radical (unpaired) electrons. The van der Waals surface area contributed by atoms with Crippen LogP contribution in [0.5, 0.6) is 0 Å². The van der Waals surface area contributed by atoms with Gasteiger partial charge in [-0.05, 0) is 54.0 Å². The monoisotopic (exact) mass is 392 g/mol. The average molecular weight is 393 g/mol. The standard InChI is InChI=1S/C25H29FN2O/c1-3-18-6-5-9-21-23(16-27-25(18)21)22(19-7-4-8-20(26)14-19)15-24(29)28-12-10-17(2)11-13-28/h4-9,14,16-17,22,27H,3,10-13,15H2,1-2H3. The molecule has 1 fully saturated rings. The Morgan fingerprint density at radius 3 is 2.69 bits per heavy atom. The Balaban J connectivity index is 1.71. The number of carbonyl (C=O) groups excluding carboxylic acids is 1. The topological polar surface area (TPSA) is 36.1 Å². The number of carbonyl (C=O) groups is 1. The van der Waals surface area contributed by atoms with Gasteiger partial charge in [-0.1, -0.05) is 44.2 Å². The number of amides is 1. The molecule has 29 heavy (non-hydrogen) atoms.